The van der Waals surface area contributed by atoms with Crippen molar-refractivity contribution in [3.05, 3.63) is 39.2 Å². The maximum Gasteiger partial charge on any atom is 0.257 e. The van der Waals surface area contributed by atoms with Crippen LogP contribution in [0.2, 0.25) is 0 Å². The normalized spacial score (nSPS) is 14.6. The van der Waals surface area contributed by atoms with Gasteiger partial charge in [0, 0.05) is 22.2 Å². The molecule has 5 nitrogen and oxygen atoms in total. The van der Waals surface area contributed by atoms with Crippen LogP contribution in [0.5, 0.6) is 0 Å². The monoisotopic (exact) mass is 341 g/mol. The topological polar surface area (TPSA) is 71.1 Å². The highest BCUT2D eigenvalue weighted by Crippen LogP contribution is 2.35. The van der Waals surface area contributed by atoms with E-state index >= 15 is 0 Å². The Kier molecular flexibility index (Phi) is 4.49. The lowest BCUT2D eigenvalue weighted by Crippen LogP contribution is -2.06. The molecular weight excluding hydrogens is 322 g/mol. The molecule has 0 fully saturated rings. The van der Waals surface area contributed by atoms with Crippen LogP contribution < -0.4 is 10.6 Å². The largest absolute Gasteiger partial charge is 0.325 e. The fraction of sp³-hybridized carbons (Fsp3) is 0.278. The van der Waals surface area contributed by atoms with Crippen LogP contribution in [0.1, 0.15) is 41.1 Å². The number of hydrogen-bond acceptors (Lipinski definition) is 4. The van der Waals surface area contributed by atoms with Crippen molar-refractivity contribution in [2.45, 2.75) is 33.6 Å². The maximum absolute atomic E-state index is 12.3. The molecule has 2 N–H and O–H groups in total. The van der Waals surface area contributed by atoms with Crippen LogP contribution in [-0.4, -0.2) is 16.8 Å². The Morgan fingerprint density at radius 3 is 2.92 bits per heavy atom. The van der Waals surface area contributed by atoms with Gasteiger partial charge in [-0.2, -0.15) is 0 Å². The van der Waals surface area contributed by atoms with Crippen molar-refractivity contribution in [1.82, 2.24) is 4.98 Å². The van der Waals surface area contributed by atoms with E-state index in [1.165, 1.54) is 23.6 Å². The summed E-state index contributed by atoms with van der Waals surface area (Å²) in [5.41, 5.74) is 3.14. The van der Waals surface area contributed by atoms with Gasteiger partial charge < -0.3 is 10.6 Å². The van der Waals surface area contributed by atoms with Crippen molar-refractivity contribution in [1.29, 1.82) is 0 Å². The Bertz CT molecular complexity index is 852. The van der Waals surface area contributed by atoms with Gasteiger partial charge in [0.25, 0.3) is 5.91 Å². The van der Waals surface area contributed by atoms with E-state index < -0.39 is 0 Å². The van der Waals surface area contributed by atoms with Crippen molar-refractivity contribution in [3.8, 4) is 0 Å². The molecule has 3 heterocycles. The molecule has 124 valence electrons. The zero-order chi connectivity index (χ0) is 17.3. The van der Waals surface area contributed by atoms with Gasteiger partial charge in [-0.1, -0.05) is 13.3 Å². The maximum atomic E-state index is 12.3. The molecule has 0 bridgehead atoms. The number of nitrogens with one attached hydrogen (secondary N) is 2. The summed E-state index contributed by atoms with van der Waals surface area (Å²) in [5, 5.41) is 5.47. The van der Waals surface area contributed by atoms with E-state index in [0.29, 0.717) is 22.6 Å². The summed E-state index contributed by atoms with van der Waals surface area (Å²) in [6.07, 6.45) is 5.59. The summed E-state index contributed by atoms with van der Waals surface area (Å²) >= 11 is 1.72. The molecule has 1 aliphatic heterocycles. The SMILES string of the molecule is CCCc1sc(C=C2C(=O)Nc3ncc(NC(C)=O)cc32)cc1C. The van der Waals surface area contributed by atoms with Gasteiger partial charge in [-0.15, -0.1) is 11.3 Å². The van der Waals surface area contributed by atoms with Crippen LogP contribution in [0.3, 0.4) is 0 Å². The Morgan fingerprint density at radius 1 is 1.42 bits per heavy atom. The van der Waals surface area contributed by atoms with E-state index in [0.717, 1.165) is 17.7 Å². The fourth-order valence-electron chi connectivity index (χ4n) is 2.72. The number of aryl methyl sites for hydroxylation is 2. The predicted octanol–water partition coefficient (Wildman–Crippen LogP) is 3.86. The number of hydrogen-bond donors (Lipinski definition) is 2. The molecule has 0 aromatic carbocycles. The fourth-order valence-corrected chi connectivity index (χ4v) is 3.94. The number of thiophene rings is 1. The Labute approximate surface area is 144 Å². The minimum Gasteiger partial charge on any atom is -0.325 e. The molecule has 3 rings (SSSR count). The molecule has 2 aromatic heterocycles. The summed E-state index contributed by atoms with van der Waals surface area (Å²) in [5.74, 6) is 0.195. The minimum absolute atomic E-state index is 0.166. The summed E-state index contributed by atoms with van der Waals surface area (Å²) in [6, 6.07) is 3.89. The van der Waals surface area contributed by atoms with E-state index in [1.54, 1.807) is 17.4 Å². The van der Waals surface area contributed by atoms with Crippen molar-refractivity contribution in [2.24, 2.45) is 0 Å². The number of anilines is 2. The molecular formula is C18H19N3O2S. The zero-order valence-corrected chi connectivity index (χ0v) is 14.7. The summed E-state index contributed by atoms with van der Waals surface area (Å²) in [4.78, 5) is 30.1. The molecule has 2 amide bonds. The molecule has 0 saturated carbocycles. The second-order valence-corrected chi connectivity index (χ2v) is 6.99. The Balaban J connectivity index is 1.99. The number of carbonyl (C=O) groups is 2. The first-order chi connectivity index (χ1) is 11.5. The van der Waals surface area contributed by atoms with E-state index in [-0.39, 0.29) is 11.8 Å². The standard InChI is InChI=1S/C18H19N3O2S/c1-4-5-16-10(2)6-13(24-16)8-15-14-7-12(20-11(3)22)9-19-17(14)21-18(15)23/h6-9H,4-5H2,1-3H3,(H,20,22)(H,19,21,23). The smallest absolute Gasteiger partial charge is 0.257 e. The zero-order valence-electron chi connectivity index (χ0n) is 13.9. The van der Waals surface area contributed by atoms with Crippen molar-refractivity contribution in [2.75, 3.05) is 10.6 Å². The quantitative estimate of drug-likeness (QED) is 0.830. The Hall–Kier alpha value is -2.47. The lowest BCUT2D eigenvalue weighted by Gasteiger charge is -2.03. The number of nitrogens with zero attached hydrogens (tertiary/aromatic N) is 1. The van der Waals surface area contributed by atoms with Crippen LogP contribution >= 0.6 is 11.3 Å². The van der Waals surface area contributed by atoms with Gasteiger partial charge in [-0.05, 0) is 37.1 Å². The first-order valence-electron chi connectivity index (χ1n) is 7.88. The molecule has 0 radical (unpaired) electrons. The molecule has 0 saturated heterocycles. The average Bonchev–Trinajstić information content (AvgIpc) is 3.00. The van der Waals surface area contributed by atoms with Crippen LogP contribution in [-0.2, 0) is 16.0 Å². The number of carbonyl (C=O) groups excluding carboxylic acids is 2. The molecule has 6 heteroatoms. The summed E-state index contributed by atoms with van der Waals surface area (Å²) in [6.45, 7) is 5.70. The van der Waals surface area contributed by atoms with Crippen LogP contribution in [0, 0.1) is 6.92 Å². The van der Waals surface area contributed by atoms with Crippen LogP contribution in [0.25, 0.3) is 11.6 Å². The van der Waals surface area contributed by atoms with Crippen LogP contribution in [0.4, 0.5) is 11.5 Å². The molecule has 0 spiro atoms. The number of rotatable bonds is 4. The van der Waals surface area contributed by atoms with Crippen molar-refractivity contribution < 1.29 is 9.59 Å². The lowest BCUT2D eigenvalue weighted by molar-refractivity contribution is -0.114. The third-order valence-electron chi connectivity index (χ3n) is 3.78. The summed E-state index contributed by atoms with van der Waals surface area (Å²) in [7, 11) is 0. The first-order valence-corrected chi connectivity index (χ1v) is 8.70. The average molecular weight is 341 g/mol. The van der Waals surface area contributed by atoms with Crippen LogP contribution in [0.15, 0.2) is 18.3 Å². The lowest BCUT2D eigenvalue weighted by atomic mass is 10.1. The molecule has 1 aliphatic rings. The second kappa shape index (κ2) is 6.57. The molecule has 0 unspecified atom stereocenters. The number of aromatic nitrogens is 1. The van der Waals surface area contributed by atoms with Gasteiger partial charge in [0.15, 0.2) is 0 Å². The second-order valence-electron chi connectivity index (χ2n) is 5.82. The molecule has 0 aliphatic carbocycles. The van der Waals surface area contributed by atoms with Crippen molar-refractivity contribution in [3.63, 3.8) is 0 Å². The summed E-state index contributed by atoms with van der Waals surface area (Å²) < 4.78 is 0. The number of amides is 2. The highest BCUT2D eigenvalue weighted by atomic mass is 32.1. The third kappa shape index (κ3) is 3.23. The van der Waals surface area contributed by atoms with Gasteiger partial charge in [0.2, 0.25) is 5.91 Å². The molecule has 0 atom stereocenters. The Morgan fingerprint density at radius 2 is 2.21 bits per heavy atom. The number of fused-ring (bicyclic) bond motifs is 1. The van der Waals surface area contributed by atoms with Crippen molar-refractivity contribution >= 4 is 46.3 Å². The molecule has 2 aromatic rings. The van der Waals surface area contributed by atoms with E-state index in [2.05, 4.69) is 35.5 Å². The van der Waals surface area contributed by atoms with E-state index in [4.69, 9.17) is 0 Å². The van der Waals surface area contributed by atoms with E-state index in [9.17, 15) is 9.59 Å². The van der Waals surface area contributed by atoms with Gasteiger partial charge in [-0.3, -0.25) is 9.59 Å². The predicted molar refractivity (Wildman–Crippen MR) is 98.1 cm³/mol. The number of pyridine rings is 1. The molecule has 24 heavy (non-hydrogen) atoms. The van der Waals surface area contributed by atoms with Gasteiger partial charge in [0.1, 0.15) is 5.82 Å². The third-order valence-corrected chi connectivity index (χ3v) is 5.02. The first kappa shape index (κ1) is 16.4. The highest BCUT2D eigenvalue weighted by molar-refractivity contribution is 7.13. The minimum atomic E-state index is -0.169. The van der Waals surface area contributed by atoms with Gasteiger partial charge in [-0.25, -0.2) is 4.98 Å². The van der Waals surface area contributed by atoms with Gasteiger partial charge in [0.05, 0.1) is 17.5 Å². The van der Waals surface area contributed by atoms with Gasteiger partial charge >= 0.3 is 0 Å². The van der Waals surface area contributed by atoms with E-state index in [1.807, 2.05) is 6.08 Å². The highest BCUT2D eigenvalue weighted by Gasteiger charge is 2.26.